The number of ether oxygens (including phenoxy) is 1. The molecule has 35 heavy (non-hydrogen) atoms. The average molecular weight is 520 g/mol. The number of halogens is 2. The summed E-state index contributed by atoms with van der Waals surface area (Å²) in [5.41, 5.74) is 1.61. The zero-order valence-corrected chi connectivity index (χ0v) is 22.6. The summed E-state index contributed by atoms with van der Waals surface area (Å²) < 4.78 is 6.02. The SMILES string of the molecule is CCC(C(=O)NC1CCCC1)N(Cc1ccc(Cl)cc1Cl)C(=O)COc1ccccc1C(C)(C)C. The highest BCUT2D eigenvalue weighted by atomic mass is 35.5. The predicted molar refractivity (Wildman–Crippen MR) is 142 cm³/mol. The minimum atomic E-state index is -0.628. The fourth-order valence-electron chi connectivity index (χ4n) is 4.55. The van der Waals surface area contributed by atoms with Crippen LogP contribution in [0, 0.1) is 0 Å². The highest BCUT2D eigenvalue weighted by Gasteiger charge is 2.31. The zero-order chi connectivity index (χ0) is 25.6. The van der Waals surface area contributed by atoms with Crippen molar-refractivity contribution in [3.63, 3.8) is 0 Å². The summed E-state index contributed by atoms with van der Waals surface area (Å²) >= 11 is 12.5. The van der Waals surface area contributed by atoms with E-state index in [2.05, 4.69) is 26.1 Å². The molecular weight excluding hydrogens is 483 g/mol. The largest absolute Gasteiger partial charge is 0.483 e. The molecule has 0 aromatic heterocycles. The van der Waals surface area contributed by atoms with Crippen molar-refractivity contribution in [1.29, 1.82) is 0 Å². The quantitative estimate of drug-likeness (QED) is 0.410. The second kappa shape index (κ2) is 12.1. The monoisotopic (exact) mass is 518 g/mol. The van der Waals surface area contributed by atoms with Gasteiger partial charge in [-0.3, -0.25) is 9.59 Å². The lowest BCUT2D eigenvalue weighted by molar-refractivity contribution is -0.143. The third-order valence-electron chi connectivity index (χ3n) is 6.49. The minimum Gasteiger partial charge on any atom is -0.483 e. The van der Waals surface area contributed by atoms with Crippen LogP contribution in [0.3, 0.4) is 0 Å². The van der Waals surface area contributed by atoms with Gasteiger partial charge < -0.3 is 15.0 Å². The van der Waals surface area contributed by atoms with Gasteiger partial charge in [0.2, 0.25) is 5.91 Å². The molecule has 1 saturated carbocycles. The molecule has 1 atom stereocenters. The van der Waals surface area contributed by atoms with Crippen LogP contribution in [0.2, 0.25) is 10.0 Å². The van der Waals surface area contributed by atoms with Crippen LogP contribution < -0.4 is 10.1 Å². The standard InChI is InChI=1S/C28H36Cl2N2O3/c1-5-24(27(34)31-21-10-6-7-11-21)32(17-19-14-15-20(29)16-23(19)30)26(33)18-35-25-13-9-8-12-22(25)28(2,3)4/h8-9,12-16,21,24H,5-7,10-11,17-18H2,1-4H3,(H,31,34). The lowest BCUT2D eigenvalue weighted by atomic mass is 9.86. The first-order valence-electron chi connectivity index (χ1n) is 12.4. The van der Waals surface area contributed by atoms with Crippen LogP contribution in [0.4, 0.5) is 0 Å². The van der Waals surface area contributed by atoms with Crippen LogP contribution in [0.1, 0.15) is 70.9 Å². The molecule has 3 rings (SSSR count). The normalized spacial score (nSPS) is 15.0. The molecule has 2 aromatic rings. The summed E-state index contributed by atoms with van der Waals surface area (Å²) in [6.45, 7) is 8.24. The highest BCUT2D eigenvalue weighted by molar-refractivity contribution is 6.35. The summed E-state index contributed by atoms with van der Waals surface area (Å²) in [7, 11) is 0. The molecule has 2 amide bonds. The van der Waals surface area contributed by atoms with Crippen LogP contribution in [0.5, 0.6) is 5.75 Å². The van der Waals surface area contributed by atoms with Gasteiger partial charge in [0.05, 0.1) is 0 Å². The van der Waals surface area contributed by atoms with E-state index in [-0.39, 0.29) is 36.4 Å². The first kappa shape index (κ1) is 27.3. The topological polar surface area (TPSA) is 58.6 Å². The van der Waals surface area contributed by atoms with Crippen LogP contribution in [0.25, 0.3) is 0 Å². The van der Waals surface area contributed by atoms with E-state index in [0.29, 0.717) is 22.2 Å². The molecule has 1 fully saturated rings. The summed E-state index contributed by atoms with van der Waals surface area (Å²) in [5.74, 6) is 0.266. The summed E-state index contributed by atoms with van der Waals surface area (Å²) in [6.07, 6.45) is 4.67. The number of amides is 2. The van der Waals surface area contributed by atoms with E-state index in [1.807, 2.05) is 31.2 Å². The van der Waals surface area contributed by atoms with E-state index in [1.165, 1.54) is 0 Å². The lowest BCUT2D eigenvalue weighted by Crippen LogP contribution is -2.52. The maximum Gasteiger partial charge on any atom is 0.261 e. The van der Waals surface area contributed by atoms with E-state index < -0.39 is 6.04 Å². The Hall–Kier alpha value is -2.24. The second-order valence-electron chi connectivity index (χ2n) is 10.2. The van der Waals surface area contributed by atoms with Gasteiger partial charge >= 0.3 is 0 Å². The molecule has 5 nitrogen and oxygen atoms in total. The van der Waals surface area contributed by atoms with E-state index >= 15 is 0 Å². The lowest BCUT2D eigenvalue weighted by Gasteiger charge is -2.32. The van der Waals surface area contributed by atoms with Crippen molar-refractivity contribution in [2.75, 3.05) is 6.61 Å². The maximum atomic E-state index is 13.6. The van der Waals surface area contributed by atoms with Gasteiger partial charge in [-0.15, -0.1) is 0 Å². The number of nitrogens with one attached hydrogen (secondary N) is 1. The third-order valence-corrected chi connectivity index (χ3v) is 7.08. The molecule has 0 bridgehead atoms. The number of carbonyl (C=O) groups excluding carboxylic acids is 2. The molecule has 1 unspecified atom stereocenters. The van der Waals surface area contributed by atoms with E-state index in [0.717, 1.165) is 36.8 Å². The Morgan fingerprint density at radius 2 is 1.80 bits per heavy atom. The van der Waals surface area contributed by atoms with Crippen LogP contribution >= 0.6 is 23.2 Å². The Bertz CT molecular complexity index is 1030. The zero-order valence-electron chi connectivity index (χ0n) is 21.1. The number of para-hydroxylation sites is 1. The molecule has 0 spiro atoms. The fourth-order valence-corrected chi connectivity index (χ4v) is 5.02. The highest BCUT2D eigenvalue weighted by Crippen LogP contribution is 2.31. The van der Waals surface area contributed by atoms with E-state index in [9.17, 15) is 9.59 Å². The van der Waals surface area contributed by atoms with E-state index in [4.69, 9.17) is 27.9 Å². The van der Waals surface area contributed by atoms with Crippen LogP contribution in [0.15, 0.2) is 42.5 Å². The number of benzene rings is 2. The molecule has 1 aliphatic rings. The van der Waals surface area contributed by atoms with Gasteiger partial charge in [-0.05, 0) is 54.0 Å². The van der Waals surface area contributed by atoms with Gasteiger partial charge in [0, 0.05) is 22.6 Å². The van der Waals surface area contributed by atoms with Gasteiger partial charge in [-0.25, -0.2) is 0 Å². The van der Waals surface area contributed by atoms with Crippen LogP contribution in [-0.2, 0) is 21.5 Å². The van der Waals surface area contributed by atoms with E-state index in [1.54, 1.807) is 23.1 Å². The van der Waals surface area contributed by atoms with Gasteiger partial charge in [0.25, 0.3) is 5.91 Å². The smallest absolute Gasteiger partial charge is 0.261 e. The summed E-state index contributed by atoms with van der Waals surface area (Å²) in [6, 6.07) is 12.5. The van der Waals surface area contributed by atoms with Gasteiger partial charge in [-0.1, -0.05) is 88.0 Å². The number of hydrogen-bond acceptors (Lipinski definition) is 3. The molecule has 0 heterocycles. The van der Waals surface area contributed by atoms with Crippen molar-refractivity contribution in [3.8, 4) is 5.75 Å². The number of nitrogens with zero attached hydrogens (tertiary/aromatic N) is 1. The van der Waals surface area contributed by atoms with Gasteiger partial charge in [0.1, 0.15) is 11.8 Å². The van der Waals surface area contributed by atoms with Gasteiger partial charge in [0.15, 0.2) is 6.61 Å². The molecular formula is C28H36Cl2N2O3. The van der Waals surface area contributed by atoms with Crippen molar-refractivity contribution in [3.05, 3.63) is 63.6 Å². The maximum absolute atomic E-state index is 13.6. The molecule has 7 heteroatoms. The van der Waals surface area contributed by atoms with Gasteiger partial charge in [-0.2, -0.15) is 0 Å². The number of hydrogen-bond donors (Lipinski definition) is 1. The Morgan fingerprint density at radius 1 is 1.11 bits per heavy atom. The Kier molecular flexibility index (Phi) is 9.48. The number of rotatable bonds is 9. The Balaban J connectivity index is 1.83. The summed E-state index contributed by atoms with van der Waals surface area (Å²) in [5, 5.41) is 4.13. The van der Waals surface area contributed by atoms with Crippen molar-refractivity contribution in [2.24, 2.45) is 0 Å². The fraction of sp³-hybridized carbons (Fsp3) is 0.500. The Labute approximate surface area is 219 Å². The second-order valence-corrected chi connectivity index (χ2v) is 11.0. The Morgan fingerprint density at radius 3 is 2.43 bits per heavy atom. The molecule has 2 aromatic carbocycles. The molecule has 0 saturated heterocycles. The average Bonchev–Trinajstić information content (AvgIpc) is 3.31. The third kappa shape index (κ3) is 7.37. The summed E-state index contributed by atoms with van der Waals surface area (Å²) in [4.78, 5) is 28.4. The molecule has 0 aliphatic heterocycles. The first-order valence-corrected chi connectivity index (χ1v) is 13.1. The molecule has 1 N–H and O–H groups in total. The molecule has 1 aliphatic carbocycles. The minimum absolute atomic E-state index is 0.132. The molecule has 0 radical (unpaired) electrons. The first-order chi connectivity index (χ1) is 16.6. The number of carbonyl (C=O) groups is 2. The van der Waals surface area contributed by atoms with Crippen molar-refractivity contribution < 1.29 is 14.3 Å². The van der Waals surface area contributed by atoms with Crippen molar-refractivity contribution >= 4 is 35.0 Å². The predicted octanol–water partition coefficient (Wildman–Crippen LogP) is 6.54. The molecule has 190 valence electrons. The van der Waals surface area contributed by atoms with Crippen molar-refractivity contribution in [2.45, 2.75) is 83.8 Å². The van der Waals surface area contributed by atoms with Crippen molar-refractivity contribution in [1.82, 2.24) is 10.2 Å². The van der Waals surface area contributed by atoms with Crippen LogP contribution in [-0.4, -0.2) is 35.4 Å².